The molecule has 2 heterocycles. The Balaban J connectivity index is 1.24. The SMILES string of the molecule is O=C(c1ccc(OCC2CCCO2)cc1)N1CCN(Cc2ccc(C(F)(F)F)cc2)CC1. The number of alkyl halides is 3. The van der Waals surface area contributed by atoms with Gasteiger partial charge in [0.1, 0.15) is 12.4 Å². The number of halogens is 3. The highest BCUT2D eigenvalue weighted by Gasteiger charge is 2.30. The van der Waals surface area contributed by atoms with Gasteiger partial charge in [-0.15, -0.1) is 0 Å². The molecule has 8 heteroatoms. The van der Waals surface area contributed by atoms with Gasteiger partial charge in [-0.3, -0.25) is 9.69 Å². The van der Waals surface area contributed by atoms with Gasteiger partial charge in [-0.1, -0.05) is 12.1 Å². The first-order valence-electron chi connectivity index (χ1n) is 10.9. The first-order valence-corrected chi connectivity index (χ1v) is 10.9. The number of carbonyl (C=O) groups excluding carboxylic acids is 1. The highest BCUT2D eigenvalue weighted by atomic mass is 19.4. The van der Waals surface area contributed by atoms with Crippen LogP contribution in [0, 0.1) is 0 Å². The van der Waals surface area contributed by atoms with Crippen molar-refractivity contribution in [2.24, 2.45) is 0 Å². The maximum absolute atomic E-state index is 12.8. The summed E-state index contributed by atoms with van der Waals surface area (Å²) in [7, 11) is 0. The quantitative estimate of drug-likeness (QED) is 0.664. The normalized spacial score (nSPS) is 19.8. The summed E-state index contributed by atoms with van der Waals surface area (Å²) in [6.45, 7) is 4.39. The molecule has 5 nitrogen and oxygen atoms in total. The zero-order chi connectivity index (χ0) is 22.6. The van der Waals surface area contributed by atoms with Crippen molar-refractivity contribution in [1.82, 2.24) is 9.80 Å². The fraction of sp³-hybridized carbons (Fsp3) is 0.458. The third-order valence-electron chi connectivity index (χ3n) is 5.91. The number of ether oxygens (including phenoxy) is 2. The first kappa shape index (κ1) is 22.6. The molecule has 2 aromatic rings. The van der Waals surface area contributed by atoms with E-state index in [4.69, 9.17) is 9.47 Å². The van der Waals surface area contributed by atoms with Gasteiger partial charge >= 0.3 is 6.18 Å². The molecule has 2 aliphatic heterocycles. The second-order valence-corrected chi connectivity index (χ2v) is 8.23. The summed E-state index contributed by atoms with van der Waals surface area (Å²) in [4.78, 5) is 16.8. The summed E-state index contributed by atoms with van der Waals surface area (Å²) in [5, 5.41) is 0. The van der Waals surface area contributed by atoms with Gasteiger partial charge in [0.2, 0.25) is 0 Å². The lowest BCUT2D eigenvalue weighted by Gasteiger charge is -2.34. The summed E-state index contributed by atoms with van der Waals surface area (Å²) >= 11 is 0. The number of hydrogen-bond donors (Lipinski definition) is 0. The molecule has 172 valence electrons. The van der Waals surface area contributed by atoms with Crippen molar-refractivity contribution in [3.63, 3.8) is 0 Å². The van der Waals surface area contributed by atoms with Crippen molar-refractivity contribution in [2.45, 2.75) is 31.7 Å². The molecule has 0 spiro atoms. The predicted molar refractivity (Wildman–Crippen MR) is 114 cm³/mol. The summed E-state index contributed by atoms with van der Waals surface area (Å²) in [5.41, 5.74) is 0.807. The average molecular weight is 448 g/mol. The second-order valence-electron chi connectivity index (χ2n) is 8.23. The van der Waals surface area contributed by atoms with Crippen LogP contribution in [0.15, 0.2) is 48.5 Å². The van der Waals surface area contributed by atoms with E-state index in [1.807, 2.05) is 17.0 Å². The van der Waals surface area contributed by atoms with E-state index in [-0.39, 0.29) is 12.0 Å². The number of carbonyl (C=O) groups is 1. The van der Waals surface area contributed by atoms with E-state index in [9.17, 15) is 18.0 Å². The molecule has 0 radical (unpaired) electrons. The minimum absolute atomic E-state index is 0.0233. The van der Waals surface area contributed by atoms with Gasteiger partial charge in [0.25, 0.3) is 5.91 Å². The topological polar surface area (TPSA) is 42.0 Å². The Kier molecular flexibility index (Phi) is 7.01. The van der Waals surface area contributed by atoms with Crippen LogP contribution in [0.5, 0.6) is 5.75 Å². The Morgan fingerprint density at radius 2 is 1.69 bits per heavy atom. The lowest BCUT2D eigenvalue weighted by molar-refractivity contribution is -0.137. The number of piperazine rings is 1. The summed E-state index contributed by atoms with van der Waals surface area (Å²) < 4.78 is 49.4. The molecule has 32 heavy (non-hydrogen) atoms. The van der Waals surface area contributed by atoms with Crippen molar-refractivity contribution in [1.29, 1.82) is 0 Å². The van der Waals surface area contributed by atoms with E-state index < -0.39 is 11.7 Å². The molecule has 1 atom stereocenters. The van der Waals surface area contributed by atoms with Crippen LogP contribution in [0.1, 0.15) is 34.3 Å². The van der Waals surface area contributed by atoms with Crippen molar-refractivity contribution >= 4 is 5.91 Å². The molecule has 0 aromatic heterocycles. The van der Waals surface area contributed by atoms with Crippen LogP contribution in [0.25, 0.3) is 0 Å². The maximum Gasteiger partial charge on any atom is 0.416 e. The Hall–Kier alpha value is -2.58. The molecule has 0 saturated carbocycles. The van der Waals surface area contributed by atoms with E-state index >= 15 is 0 Å². The van der Waals surface area contributed by atoms with Gasteiger partial charge in [0.15, 0.2) is 0 Å². The van der Waals surface area contributed by atoms with Crippen LogP contribution in [0.4, 0.5) is 13.2 Å². The van der Waals surface area contributed by atoms with Crippen molar-refractivity contribution < 1.29 is 27.4 Å². The maximum atomic E-state index is 12.8. The van der Waals surface area contributed by atoms with E-state index in [0.717, 1.165) is 42.9 Å². The van der Waals surface area contributed by atoms with Gasteiger partial charge in [-0.25, -0.2) is 0 Å². The van der Waals surface area contributed by atoms with Crippen LogP contribution in [0.3, 0.4) is 0 Å². The first-order chi connectivity index (χ1) is 15.4. The summed E-state index contributed by atoms with van der Waals surface area (Å²) in [6.07, 6.45) is -2.09. The Bertz CT molecular complexity index is 886. The predicted octanol–water partition coefficient (Wildman–Crippen LogP) is 4.22. The highest BCUT2D eigenvalue weighted by Crippen LogP contribution is 2.29. The molecule has 4 rings (SSSR count). The van der Waals surface area contributed by atoms with Crippen LogP contribution in [0.2, 0.25) is 0 Å². The van der Waals surface area contributed by atoms with Crippen LogP contribution in [-0.4, -0.2) is 61.2 Å². The molecule has 0 aliphatic carbocycles. The van der Waals surface area contributed by atoms with E-state index in [1.54, 1.807) is 12.1 Å². The third-order valence-corrected chi connectivity index (χ3v) is 5.91. The van der Waals surface area contributed by atoms with E-state index in [1.165, 1.54) is 12.1 Å². The highest BCUT2D eigenvalue weighted by molar-refractivity contribution is 5.94. The van der Waals surface area contributed by atoms with E-state index in [2.05, 4.69) is 4.90 Å². The Morgan fingerprint density at radius 3 is 2.28 bits per heavy atom. The summed E-state index contributed by atoms with van der Waals surface area (Å²) in [6, 6.07) is 12.4. The minimum Gasteiger partial charge on any atom is -0.491 e. The molecule has 2 fully saturated rings. The second kappa shape index (κ2) is 9.92. The lowest BCUT2D eigenvalue weighted by atomic mass is 10.1. The molecule has 2 aliphatic rings. The molecule has 1 amide bonds. The van der Waals surface area contributed by atoms with Crippen LogP contribution in [-0.2, 0) is 17.5 Å². The molecular formula is C24H27F3N2O3. The fourth-order valence-corrected chi connectivity index (χ4v) is 4.01. The van der Waals surface area contributed by atoms with Crippen LogP contribution >= 0.6 is 0 Å². The molecular weight excluding hydrogens is 421 g/mol. The standard InChI is InChI=1S/C24H27F3N2O3/c25-24(26,27)20-7-3-18(4-8-20)16-28-11-13-29(14-12-28)23(30)19-5-9-21(10-6-19)32-17-22-2-1-15-31-22/h3-10,22H,1-2,11-17H2. The number of hydrogen-bond acceptors (Lipinski definition) is 4. The van der Waals surface area contributed by atoms with Gasteiger partial charge in [-0.2, -0.15) is 13.2 Å². The zero-order valence-electron chi connectivity index (χ0n) is 17.8. The van der Waals surface area contributed by atoms with Crippen LogP contribution < -0.4 is 4.74 Å². The average Bonchev–Trinajstić information content (AvgIpc) is 3.32. The number of amides is 1. The zero-order valence-corrected chi connectivity index (χ0v) is 17.8. The van der Waals surface area contributed by atoms with Gasteiger partial charge in [-0.05, 0) is 54.8 Å². The van der Waals surface area contributed by atoms with Gasteiger partial charge < -0.3 is 14.4 Å². The van der Waals surface area contributed by atoms with Gasteiger partial charge in [0.05, 0.1) is 11.7 Å². The third kappa shape index (κ3) is 5.81. The van der Waals surface area contributed by atoms with Crippen molar-refractivity contribution in [3.05, 3.63) is 65.2 Å². The monoisotopic (exact) mass is 448 g/mol. The van der Waals surface area contributed by atoms with Crippen molar-refractivity contribution in [2.75, 3.05) is 39.4 Å². The Morgan fingerprint density at radius 1 is 1.00 bits per heavy atom. The molecule has 0 bridgehead atoms. The lowest BCUT2D eigenvalue weighted by Crippen LogP contribution is -2.48. The molecule has 1 unspecified atom stereocenters. The summed E-state index contributed by atoms with van der Waals surface area (Å²) in [5.74, 6) is 0.697. The largest absolute Gasteiger partial charge is 0.491 e. The number of nitrogens with zero attached hydrogens (tertiary/aromatic N) is 2. The van der Waals surface area contributed by atoms with E-state index in [0.29, 0.717) is 44.9 Å². The minimum atomic E-state index is -4.32. The molecule has 0 N–H and O–H groups in total. The van der Waals surface area contributed by atoms with Crippen molar-refractivity contribution in [3.8, 4) is 5.75 Å². The number of benzene rings is 2. The molecule has 2 saturated heterocycles. The van der Waals surface area contributed by atoms with Gasteiger partial charge in [0, 0.05) is 44.9 Å². The molecule has 2 aromatic carbocycles. The smallest absolute Gasteiger partial charge is 0.416 e. The Labute approximate surface area is 185 Å². The fourth-order valence-electron chi connectivity index (χ4n) is 4.01. The number of rotatable bonds is 6.